The molecule has 3 aliphatic heterocycles. The second-order valence-corrected chi connectivity index (χ2v) is 9.22. The highest BCUT2D eigenvalue weighted by atomic mass is 16.6. The first-order chi connectivity index (χ1) is 13.3. The molecule has 0 aromatic heterocycles. The van der Waals surface area contributed by atoms with Gasteiger partial charge in [0, 0.05) is 30.3 Å². The predicted molar refractivity (Wildman–Crippen MR) is 103 cm³/mol. The van der Waals surface area contributed by atoms with Gasteiger partial charge in [0.25, 0.3) is 0 Å². The molecular weight excluding hydrogens is 358 g/mol. The van der Waals surface area contributed by atoms with Crippen molar-refractivity contribution in [3.8, 4) is 0 Å². The molecule has 4 rings (SSSR count). The molecular formula is C22H29NO5. The van der Waals surface area contributed by atoms with Crippen LogP contribution in [0.2, 0.25) is 0 Å². The molecule has 1 aromatic carbocycles. The number of hydrogen-bond donors (Lipinski definition) is 1. The standard InChI is InChI=1S/C22H29NO5/c1-22(2,3)18(25)11-23-16-9-14(10-17(23)20-19(16)28-20)27-21(26)15(12-24)13-7-5-4-6-8-13/h4-8,14-17,19-20,24H,9-12H2,1-3H3. The maximum absolute atomic E-state index is 12.7. The molecule has 1 aromatic rings. The van der Waals surface area contributed by atoms with Gasteiger partial charge < -0.3 is 14.6 Å². The average Bonchev–Trinajstić information content (AvgIpc) is 3.40. The molecule has 0 spiro atoms. The molecule has 3 aliphatic rings. The van der Waals surface area contributed by atoms with Gasteiger partial charge in [-0.15, -0.1) is 0 Å². The number of aliphatic hydroxyl groups excluding tert-OH is 1. The molecule has 5 unspecified atom stereocenters. The molecule has 0 amide bonds. The quantitative estimate of drug-likeness (QED) is 0.593. The van der Waals surface area contributed by atoms with Crippen LogP contribution in [0.15, 0.2) is 30.3 Å². The Morgan fingerprint density at radius 1 is 1.18 bits per heavy atom. The minimum absolute atomic E-state index is 0.122. The Labute approximate surface area is 165 Å². The summed E-state index contributed by atoms with van der Waals surface area (Å²) in [5.74, 6) is -0.819. The summed E-state index contributed by atoms with van der Waals surface area (Å²) in [4.78, 5) is 27.5. The summed E-state index contributed by atoms with van der Waals surface area (Å²) in [6.07, 6.45) is 1.47. The van der Waals surface area contributed by atoms with Crippen LogP contribution in [-0.4, -0.2) is 65.3 Å². The molecule has 3 saturated heterocycles. The summed E-state index contributed by atoms with van der Waals surface area (Å²) in [5, 5.41) is 9.70. The molecule has 1 N–H and O–H groups in total. The lowest BCUT2D eigenvalue weighted by atomic mass is 9.89. The van der Waals surface area contributed by atoms with Crippen LogP contribution in [0, 0.1) is 5.41 Å². The van der Waals surface area contributed by atoms with Crippen molar-refractivity contribution < 1.29 is 24.2 Å². The fourth-order valence-electron chi connectivity index (χ4n) is 4.53. The number of epoxide rings is 1. The number of esters is 1. The SMILES string of the molecule is CC(C)(C)C(=O)CN1C2CC(OC(=O)C(CO)c3ccccc3)CC1C1OC12. The maximum atomic E-state index is 12.7. The van der Waals surface area contributed by atoms with Crippen LogP contribution < -0.4 is 0 Å². The van der Waals surface area contributed by atoms with E-state index in [2.05, 4.69) is 4.90 Å². The number of morpholine rings is 1. The zero-order valence-corrected chi connectivity index (χ0v) is 16.7. The van der Waals surface area contributed by atoms with Crippen LogP contribution in [0.25, 0.3) is 0 Å². The van der Waals surface area contributed by atoms with Gasteiger partial charge in [-0.3, -0.25) is 14.5 Å². The number of piperidine rings is 1. The number of aliphatic hydroxyl groups is 1. The lowest BCUT2D eigenvalue weighted by Gasteiger charge is -2.41. The molecule has 0 radical (unpaired) electrons. The average molecular weight is 387 g/mol. The van der Waals surface area contributed by atoms with Crippen molar-refractivity contribution in [3.63, 3.8) is 0 Å². The molecule has 2 bridgehead atoms. The Morgan fingerprint density at radius 2 is 1.79 bits per heavy atom. The molecule has 0 aliphatic carbocycles. The van der Waals surface area contributed by atoms with Gasteiger partial charge in [0.1, 0.15) is 24.2 Å². The van der Waals surface area contributed by atoms with E-state index in [1.165, 1.54) is 0 Å². The number of fused-ring (bicyclic) bond motifs is 5. The van der Waals surface area contributed by atoms with Gasteiger partial charge in [0.2, 0.25) is 0 Å². The fourth-order valence-corrected chi connectivity index (χ4v) is 4.53. The lowest BCUT2D eigenvalue weighted by Crippen LogP contribution is -2.53. The summed E-state index contributed by atoms with van der Waals surface area (Å²) >= 11 is 0. The Balaban J connectivity index is 1.40. The zero-order chi connectivity index (χ0) is 20.1. The molecule has 28 heavy (non-hydrogen) atoms. The van der Waals surface area contributed by atoms with Crippen molar-refractivity contribution >= 4 is 11.8 Å². The highest BCUT2D eigenvalue weighted by Gasteiger charge is 2.64. The normalized spacial score (nSPS) is 32.5. The van der Waals surface area contributed by atoms with Gasteiger partial charge in [-0.05, 0) is 5.56 Å². The number of hydrogen-bond acceptors (Lipinski definition) is 6. The van der Waals surface area contributed by atoms with Gasteiger partial charge in [-0.25, -0.2) is 0 Å². The molecule has 6 nitrogen and oxygen atoms in total. The fraction of sp³-hybridized carbons (Fsp3) is 0.636. The second-order valence-electron chi connectivity index (χ2n) is 9.22. The highest BCUT2D eigenvalue weighted by Crippen LogP contribution is 2.49. The summed E-state index contributed by atoms with van der Waals surface area (Å²) in [6.45, 7) is 5.99. The molecule has 5 atom stereocenters. The number of nitrogens with zero attached hydrogens (tertiary/aromatic N) is 1. The van der Waals surface area contributed by atoms with Crippen molar-refractivity contribution in [1.82, 2.24) is 4.90 Å². The predicted octanol–water partition coefficient (Wildman–Crippen LogP) is 1.90. The smallest absolute Gasteiger partial charge is 0.316 e. The molecule has 3 fully saturated rings. The van der Waals surface area contributed by atoms with Gasteiger partial charge >= 0.3 is 5.97 Å². The number of carbonyl (C=O) groups is 2. The Morgan fingerprint density at radius 3 is 2.32 bits per heavy atom. The van der Waals surface area contributed by atoms with E-state index in [-0.39, 0.29) is 54.2 Å². The van der Waals surface area contributed by atoms with Crippen molar-refractivity contribution in [3.05, 3.63) is 35.9 Å². The van der Waals surface area contributed by atoms with Gasteiger partial charge in [0.15, 0.2) is 5.78 Å². The first-order valence-corrected chi connectivity index (χ1v) is 10.1. The van der Waals surface area contributed by atoms with E-state index in [9.17, 15) is 14.7 Å². The third kappa shape index (κ3) is 3.61. The third-order valence-electron chi connectivity index (χ3n) is 6.30. The van der Waals surface area contributed by atoms with Crippen LogP contribution in [-0.2, 0) is 19.1 Å². The number of ether oxygens (including phenoxy) is 2. The van der Waals surface area contributed by atoms with E-state index in [0.717, 1.165) is 5.56 Å². The molecule has 6 heteroatoms. The zero-order valence-electron chi connectivity index (χ0n) is 16.7. The summed E-state index contributed by atoms with van der Waals surface area (Å²) < 4.78 is 11.6. The summed E-state index contributed by atoms with van der Waals surface area (Å²) in [5.41, 5.74) is 0.398. The molecule has 152 valence electrons. The van der Waals surface area contributed by atoms with Crippen LogP contribution in [0.5, 0.6) is 0 Å². The van der Waals surface area contributed by atoms with E-state index < -0.39 is 5.92 Å². The van der Waals surface area contributed by atoms with Gasteiger partial charge in [-0.2, -0.15) is 0 Å². The first-order valence-electron chi connectivity index (χ1n) is 10.1. The number of ketones is 1. The van der Waals surface area contributed by atoms with Gasteiger partial charge in [0.05, 0.1) is 13.2 Å². The minimum Gasteiger partial charge on any atom is -0.462 e. The first kappa shape index (κ1) is 19.6. The monoisotopic (exact) mass is 387 g/mol. The van der Waals surface area contributed by atoms with Crippen LogP contribution in [0.4, 0.5) is 0 Å². The topological polar surface area (TPSA) is 79.4 Å². The van der Waals surface area contributed by atoms with Crippen molar-refractivity contribution in [2.75, 3.05) is 13.2 Å². The van der Waals surface area contributed by atoms with Crippen molar-refractivity contribution in [1.29, 1.82) is 0 Å². The number of Topliss-reactive ketones (excluding diaryl/α,β-unsaturated/α-hetero) is 1. The maximum Gasteiger partial charge on any atom is 0.316 e. The van der Waals surface area contributed by atoms with Crippen LogP contribution in [0.1, 0.15) is 45.1 Å². The number of rotatable bonds is 6. The van der Waals surface area contributed by atoms with E-state index in [1.807, 2.05) is 51.1 Å². The minimum atomic E-state index is -0.662. The van der Waals surface area contributed by atoms with E-state index in [0.29, 0.717) is 19.4 Å². The van der Waals surface area contributed by atoms with Crippen LogP contribution >= 0.6 is 0 Å². The number of carbonyl (C=O) groups excluding carboxylic acids is 2. The molecule has 0 saturated carbocycles. The third-order valence-corrected chi connectivity index (χ3v) is 6.30. The van der Waals surface area contributed by atoms with Crippen molar-refractivity contribution in [2.24, 2.45) is 5.41 Å². The summed E-state index contributed by atoms with van der Waals surface area (Å²) in [7, 11) is 0. The lowest BCUT2D eigenvalue weighted by molar-refractivity contribution is -0.157. The van der Waals surface area contributed by atoms with E-state index in [1.54, 1.807) is 0 Å². The Kier molecular flexibility index (Phi) is 5.06. The van der Waals surface area contributed by atoms with Gasteiger partial charge in [-0.1, -0.05) is 51.1 Å². The number of benzene rings is 1. The largest absolute Gasteiger partial charge is 0.462 e. The molecule has 3 heterocycles. The van der Waals surface area contributed by atoms with Crippen LogP contribution in [0.3, 0.4) is 0 Å². The highest BCUT2D eigenvalue weighted by molar-refractivity contribution is 5.85. The summed E-state index contributed by atoms with van der Waals surface area (Å²) in [6, 6.07) is 9.48. The van der Waals surface area contributed by atoms with E-state index in [4.69, 9.17) is 9.47 Å². The Hall–Kier alpha value is -1.76. The Bertz CT molecular complexity index is 725. The van der Waals surface area contributed by atoms with E-state index >= 15 is 0 Å². The second kappa shape index (κ2) is 7.25. The van der Waals surface area contributed by atoms with Crippen molar-refractivity contribution in [2.45, 2.75) is 69.9 Å².